The molecule has 128 valence electrons. The minimum Gasteiger partial charge on any atom is -0.368 e. The maximum absolute atomic E-state index is 13.2. The first-order chi connectivity index (χ1) is 12.0. The molecular formula is C21H22N2O2. The number of aryl methyl sites for hydroxylation is 2. The van der Waals surface area contributed by atoms with Gasteiger partial charge in [-0.2, -0.15) is 0 Å². The highest BCUT2D eigenvalue weighted by Crippen LogP contribution is 2.50. The van der Waals surface area contributed by atoms with Gasteiger partial charge in [-0.3, -0.25) is 9.59 Å². The van der Waals surface area contributed by atoms with Crippen LogP contribution >= 0.6 is 0 Å². The summed E-state index contributed by atoms with van der Waals surface area (Å²) in [4.78, 5) is 26.8. The lowest BCUT2D eigenvalue weighted by Gasteiger charge is -2.26. The summed E-state index contributed by atoms with van der Waals surface area (Å²) in [6, 6.07) is 13.6. The number of rotatable bonds is 3. The molecule has 1 saturated carbocycles. The predicted molar refractivity (Wildman–Crippen MR) is 97.0 cm³/mol. The van der Waals surface area contributed by atoms with E-state index in [0.717, 1.165) is 23.1 Å². The molecule has 0 aromatic heterocycles. The van der Waals surface area contributed by atoms with E-state index in [1.165, 1.54) is 5.56 Å². The first kappa shape index (κ1) is 15.9. The van der Waals surface area contributed by atoms with Crippen LogP contribution in [0.3, 0.4) is 0 Å². The van der Waals surface area contributed by atoms with E-state index in [2.05, 4.69) is 0 Å². The number of likely N-dealkylation sites (tertiary alicyclic amines) is 1. The zero-order chi connectivity index (χ0) is 17.7. The summed E-state index contributed by atoms with van der Waals surface area (Å²) in [7, 11) is 0. The van der Waals surface area contributed by atoms with Crippen LogP contribution in [0.25, 0.3) is 11.1 Å². The van der Waals surface area contributed by atoms with Gasteiger partial charge in [-0.15, -0.1) is 0 Å². The Morgan fingerprint density at radius 3 is 2.40 bits per heavy atom. The van der Waals surface area contributed by atoms with E-state index in [-0.39, 0.29) is 17.7 Å². The summed E-state index contributed by atoms with van der Waals surface area (Å²) in [5, 5.41) is 0. The van der Waals surface area contributed by atoms with Gasteiger partial charge < -0.3 is 10.6 Å². The van der Waals surface area contributed by atoms with E-state index < -0.39 is 6.04 Å². The number of primary amides is 1. The number of fused-ring (bicyclic) bond motifs is 1. The normalized spacial score (nSPS) is 24.1. The quantitative estimate of drug-likeness (QED) is 0.938. The third-order valence-corrected chi connectivity index (χ3v) is 5.47. The number of hydrogen-bond acceptors (Lipinski definition) is 2. The van der Waals surface area contributed by atoms with Gasteiger partial charge in [0, 0.05) is 12.1 Å². The summed E-state index contributed by atoms with van der Waals surface area (Å²) >= 11 is 0. The maximum Gasteiger partial charge on any atom is 0.255 e. The van der Waals surface area contributed by atoms with Crippen LogP contribution in [0.5, 0.6) is 0 Å². The Morgan fingerprint density at radius 1 is 1.04 bits per heavy atom. The highest BCUT2D eigenvalue weighted by atomic mass is 16.2. The SMILES string of the molecule is Cc1ccc(-c2cc(C)ccc2C(=O)N2C[C@H]3C[C@H]3[C@H]2C(N)=O)cc1. The van der Waals surface area contributed by atoms with Crippen LogP contribution in [0, 0.1) is 25.7 Å². The largest absolute Gasteiger partial charge is 0.368 e. The number of nitrogens with two attached hydrogens (primary N) is 1. The zero-order valence-corrected chi connectivity index (χ0v) is 14.5. The van der Waals surface area contributed by atoms with E-state index >= 15 is 0 Å². The van der Waals surface area contributed by atoms with Crippen LogP contribution in [-0.2, 0) is 4.79 Å². The standard InChI is InChI=1S/C21H22N2O2/c1-12-3-6-14(7-4-12)17-9-13(2)5-8-16(17)21(25)23-11-15-10-18(15)19(23)20(22)24/h3-9,15,18-19H,10-11H2,1-2H3,(H2,22,24)/t15-,18-,19+/m1/s1. The van der Waals surface area contributed by atoms with Gasteiger partial charge in [0.1, 0.15) is 6.04 Å². The molecule has 0 bridgehead atoms. The Bertz CT molecular complexity index is 857. The molecule has 1 aliphatic heterocycles. The summed E-state index contributed by atoms with van der Waals surface area (Å²) in [6.07, 6.45) is 1.01. The molecule has 1 saturated heterocycles. The van der Waals surface area contributed by atoms with Crippen molar-refractivity contribution in [1.82, 2.24) is 4.90 Å². The molecule has 2 N–H and O–H groups in total. The Morgan fingerprint density at radius 2 is 1.72 bits per heavy atom. The van der Waals surface area contributed by atoms with Crippen molar-refractivity contribution in [3.63, 3.8) is 0 Å². The van der Waals surface area contributed by atoms with Gasteiger partial charge in [-0.25, -0.2) is 0 Å². The van der Waals surface area contributed by atoms with Crippen molar-refractivity contribution in [1.29, 1.82) is 0 Å². The molecule has 25 heavy (non-hydrogen) atoms. The number of hydrogen-bond donors (Lipinski definition) is 1. The molecule has 4 rings (SSSR count). The van der Waals surface area contributed by atoms with E-state index in [1.54, 1.807) is 4.90 Å². The second-order valence-electron chi connectivity index (χ2n) is 7.38. The first-order valence-electron chi connectivity index (χ1n) is 8.73. The summed E-state index contributed by atoms with van der Waals surface area (Å²) in [6.45, 7) is 4.70. The number of nitrogens with zero attached hydrogens (tertiary/aromatic N) is 1. The second-order valence-corrected chi connectivity index (χ2v) is 7.38. The fraction of sp³-hybridized carbons (Fsp3) is 0.333. The van der Waals surface area contributed by atoms with Gasteiger partial charge in [0.05, 0.1) is 0 Å². The van der Waals surface area contributed by atoms with E-state index in [4.69, 9.17) is 5.73 Å². The molecule has 4 nitrogen and oxygen atoms in total. The fourth-order valence-electron chi connectivity index (χ4n) is 4.01. The van der Waals surface area contributed by atoms with Crippen LogP contribution < -0.4 is 5.73 Å². The Balaban J connectivity index is 1.74. The van der Waals surface area contributed by atoms with Crippen LogP contribution in [0.1, 0.15) is 27.9 Å². The molecule has 3 atom stereocenters. The highest BCUT2D eigenvalue weighted by molar-refractivity contribution is 6.03. The van der Waals surface area contributed by atoms with Crippen molar-refractivity contribution >= 4 is 11.8 Å². The minimum atomic E-state index is -0.454. The molecule has 2 aromatic carbocycles. The monoisotopic (exact) mass is 334 g/mol. The topological polar surface area (TPSA) is 63.4 Å². The lowest BCUT2D eigenvalue weighted by molar-refractivity contribution is -0.122. The first-order valence-corrected chi connectivity index (χ1v) is 8.73. The molecule has 2 aromatic rings. The minimum absolute atomic E-state index is 0.0911. The molecule has 2 aliphatic rings. The molecule has 2 amide bonds. The van der Waals surface area contributed by atoms with Crippen LogP contribution in [0.4, 0.5) is 0 Å². The third-order valence-electron chi connectivity index (χ3n) is 5.47. The van der Waals surface area contributed by atoms with Crippen molar-refractivity contribution in [2.75, 3.05) is 6.54 Å². The van der Waals surface area contributed by atoms with Gasteiger partial charge in [0.2, 0.25) is 5.91 Å². The average Bonchev–Trinajstić information content (AvgIpc) is 3.24. The lowest BCUT2D eigenvalue weighted by atomic mass is 9.95. The number of piperidine rings is 1. The molecule has 1 aliphatic carbocycles. The molecule has 0 spiro atoms. The van der Waals surface area contributed by atoms with Gasteiger partial charge in [-0.1, -0.05) is 47.5 Å². The molecule has 0 radical (unpaired) electrons. The Hall–Kier alpha value is -2.62. The molecule has 4 heteroatoms. The molecule has 2 fully saturated rings. The van der Waals surface area contributed by atoms with E-state index in [9.17, 15) is 9.59 Å². The molecule has 0 unspecified atom stereocenters. The van der Waals surface area contributed by atoms with Crippen LogP contribution in [-0.4, -0.2) is 29.3 Å². The number of carbonyl (C=O) groups is 2. The highest BCUT2D eigenvalue weighted by Gasteiger charge is 2.56. The summed E-state index contributed by atoms with van der Waals surface area (Å²) in [5.74, 6) is 0.221. The Kier molecular flexibility index (Phi) is 3.64. The number of benzene rings is 2. The smallest absolute Gasteiger partial charge is 0.255 e. The summed E-state index contributed by atoms with van der Waals surface area (Å²) in [5.41, 5.74) is 10.4. The maximum atomic E-state index is 13.2. The number of amides is 2. The fourth-order valence-corrected chi connectivity index (χ4v) is 4.01. The second kappa shape index (κ2) is 5.73. The van der Waals surface area contributed by atoms with Crippen molar-refractivity contribution in [3.05, 3.63) is 59.2 Å². The predicted octanol–water partition coefficient (Wildman–Crippen LogP) is 2.92. The van der Waals surface area contributed by atoms with Gasteiger partial charge >= 0.3 is 0 Å². The van der Waals surface area contributed by atoms with Gasteiger partial charge in [-0.05, 0) is 49.3 Å². The Labute approximate surface area is 147 Å². The van der Waals surface area contributed by atoms with Crippen molar-refractivity contribution in [2.24, 2.45) is 17.6 Å². The van der Waals surface area contributed by atoms with Crippen molar-refractivity contribution in [2.45, 2.75) is 26.3 Å². The summed E-state index contributed by atoms with van der Waals surface area (Å²) < 4.78 is 0. The number of carbonyl (C=O) groups excluding carboxylic acids is 2. The average molecular weight is 334 g/mol. The van der Waals surface area contributed by atoms with E-state index in [0.29, 0.717) is 18.0 Å². The van der Waals surface area contributed by atoms with Crippen LogP contribution in [0.2, 0.25) is 0 Å². The molecular weight excluding hydrogens is 312 g/mol. The lowest BCUT2D eigenvalue weighted by Crippen LogP contribution is -2.46. The zero-order valence-electron chi connectivity index (χ0n) is 14.5. The van der Waals surface area contributed by atoms with Gasteiger partial charge in [0.15, 0.2) is 0 Å². The van der Waals surface area contributed by atoms with Crippen molar-refractivity contribution in [3.8, 4) is 11.1 Å². The molecule has 1 heterocycles. The van der Waals surface area contributed by atoms with Crippen LogP contribution in [0.15, 0.2) is 42.5 Å². The third kappa shape index (κ3) is 2.72. The van der Waals surface area contributed by atoms with Crippen molar-refractivity contribution < 1.29 is 9.59 Å². The van der Waals surface area contributed by atoms with E-state index in [1.807, 2.05) is 56.3 Å². The van der Waals surface area contributed by atoms with Gasteiger partial charge in [0.25, 0.3) is 5.91 Å².